The highest BCUT2D eigenvalue weighted by molar-refractivity contribution is 14.0. The van der Waals surface area contributed by atoms with Gasteiger partial charge in [0.25, 0.3) is 0 Å². The summed E-state index contributed by atoms with van der Waals surface area (Å²) >= 11 is 0. The lowest BCUT2D eigenvalue weighted by atomic mass is 9.94. The van der Waals surface area contributed by atoms with E-state index >= 15 is 0 Å². The van der Waals surface area contributed by atoms with E-state index in [-0.39, 0.29) is 30.6 Å². The number of aliphatic hydroxyl groups excluding tert-OH is 1. The van der Waals surface area contributed by atoms with Crippen molar-refractivity contribution in [2.45, 2.75) is 53.0 Å². The lowest BCUT2D eigenvalue weighted by Crippen LogP contribution is -2.39. The van der Waals surface area contributed by atoms with Crippen molar-refractivity contribution in [3.05, 3.63) is 35.4 Å². The smallest absolute Gasteiger partial charge is 0.191 e. The van der Waals surface area contributed by atoms with Gasteiger partial charge in [-0.2, -0.15) is 0 Å². The monoisotopic (exact) mass is 516 g/mol. The molecule has 0 saturated heterocycles. The summed E-state index contributed by atoms with van der Waals surface area (Å²) in [4.78, 5) is 7.32. The Morgan fingerprint density at radius 1 is 1.21 bits per heavy atom. The quantitative estimate of drug-likeness (QED) is 0.182. The van der Waals surface area contributed by atoms with Crippen molar-refractivity contribution in [2.75, 3.05) is 39.3 Å². The van der Waals surface area contributed by atoms with Crippen LogP contribution < -0.4 is 10.6 Å². The van der Waals surface area contributed by atoms with E-state index in [1.165, 1.54) is 11.1 Å². The first-order chi connectivity index (χ1) is 13.6. The minimum absolute atomic E-state index is 0. The second-order valence-corrected chi connectivity index (χ2v) is 8.30. The standard InChI is InChI=1S/C23H40N4O.HI/c1-4-24-23(26-17-20(11-15-28)16-19(2)3)25-12-7-13-27-14-10-21-8-5-6-9-22(21)18-27;/h5-6,8-9,19-20,28H,4,7,10-18H2,1-3H3,(H2,24,25,26);1H. The molecule has 0 radical (unpaired) electrons. The van der Waals surface area contributed by atoms with E-state index in [2.05, 4.69) is 60.6 Å². The average Bonchev–Trinajstić information content (AvgIpc) is 2.68. The van der Waals surface area contributed by atoms with Crippen LogP contribution in [-0.2, 0) is 13.0 Å². The topological polar surface area (TPSA) is 59.9 Å². The lowest BCUT2D eigenvalue weighted by molar-refractivity contribution is 0.245. The number of halogens is 1. The highest BCUT2D eigenvalue weighted by atomic mass is 127. The number of fused-ring (bicyclic) bond motifs is 1. The van der Waals surface area contributed by atoms with E-state index < -0.39 is 0 Å². The first kappa shape index (κ1) is 26.2. The van der Waals surface area contributed by atoms with Crippen LogP contribution in [0.1, 0.15) is 51.2 Å². The minimum atomic E-state index is 0. The van der Waals surface area contributed by atoms with Gasteiger partial charge < -0.3 is 15.7 Å². The molecule has 6 heteroatoms. The van der Waals surface area contributed by atoms with Gasteiger partial charge in [-0.15, -0.1) is 24.0 Å². The zero-order valence-corrected chi connectivity index (χ0v) is 20.8. The number of nitrogens with zero attached hydrogens (tertiary/aromatic N) is 2. The molecular weight excluding hydrogens is 475 g/mol. The van der Waals surface area contributed by atoms with Crippen molar-refractivity contribution in [1.82, 2.24) is 15.5 Å². The third kappa shape index (κ3) is 10.1. The van der Waals surface area contributed by atoms with Crippen molar-refractivity contribution in [3.8, 4) is 0 Å². The van der Waals surface area contributed by atoms with Crippen molar-refractivity contribution in [3.63, 3.8) is 0 Å². The van der Waals surface area contributed by atoms with Crippen LogP contribution in [0, 0.1) is 11.8 Å². The largest absolute Gasteiger partial charge is 0.396 e. The molecule has 3 N–H and O–H groups in total. The molecule has 0 aliphatic carbocycles. The molecule has 1 aromatic rings. The fraction of sp³-hybridized carbons (Fsp3) is 0.696. The second-order valence-electron chi connectivity index (χ2n) is 8.30. The summed E-state index contributed by atoms with van der Waals surface area (Å²) in [5, 5.41) is 16.1. The van der Waals surface area contributed by atoms with Gasteiger partial charge in [-0.3, -0.25) is 9.89 Å². The van der Waals surface area contributed by atoms with Crippen LogP contribution in [0.4, 0.5) is 0 Å². The van der Waals surface area contributed by atoms with Crippen LogP contribution in [0.25, 0.3) is 0 Å². The third-order valence-electron chi connectivity index (χ3n) is 5.35. The Balaban J connectivity index is 0.00000420. The Bertz CT molecular complexity index is 594. The van der Waals surface area contributed by atoms with Crippen LogP contribution in [0.15, 0.2) is 29.3 Å². The summed E-state index contributed by atoms with van der Waals surface area (Å²) in [5.41, 5.74) is 2.99. The Morgan fingerprint density at radius 2 is 1.97 bits per heavy atom. The van der Waals surface area contributed by atoms with Gasteiger partial charge in [-0.1, -0.05) is 38.1 Å². The Hall–Kier alpha value is -0.860. The van der Waals surface area contributed by atoms with Crippen LogP contribution in [0.2, 0.25) is 0 Å². The number of benzene rings is 1. The molecule has 1 unspecified atom stereocenters. The van der Waals surface area contributed by atoms with E-state index in [4.69, 9.17) is 4.99 Å². The molecule has 0 amide bonds. The first-order valence-corrected chi connectivity index (χ1v) is 11.0. The maximum absolute atomic E-state index is 9.29. The molecule has 1 atom stereocenters. The summed E-state index contributed by atoms with van der Waals surface area (Å²) < 4.78 is 0. The van der Waals surface area contributed by atoms with Gasteiger partial charge in [-0.25, -0.2) is 0 Å². The molecule has 0 bridgehead atoms. The van der Waals surface area contributed by atoms with E-state index in [1.54, 1.807) is 0 Å². The summed E-state index contributed by atoms with van der Waals surface area (Å²) in [7, 11) is 0. The summed E-state index contributed by atoms with van der Waals surface area (Å²) in [6, 6.07) is 8.81. The molecule has 1 aliphatic rings. The highest BCUT2D eigenvalue weighted by Gasteiger charge is 2.15. The molecule has 0 spiro atoms. The third-order valence-corrected chi connectivity index (χ3v) is 5.35. The SMILES string of the molecule is CCNC(=NCC(CCO)CC(C)C)NCCCN1CCc2ccccc2C1.I. The zero-order chi connectivity index (χ0) is 20.2. The summed E-state index contributed by atoms with van der Waals surface area (Å²) in [5.74, 6) is 1.99. The molecule has 1 heterocycles. The van der Waals surface area contributed by atoms with E-state index in [0.717, 1.165) is 70.9 Å². The predicted octanol–water partition coefficient (Wildman–Crippen LogP) is 3.65. The normalized spacial score (nSPS) is 15.6. The van der Waals surface area contributed by atoms with Gasteiger partial charge in [-0.05, 0) is 55.6 Å². The van der Waals surface area contributed by atoms with Crippen LogP contribution in [0.5, 0.6) is 0 Å². The predicted molar refractivity (Wildman–Crippen MR) is 134 cm³/mol. The fourth-order valence-corrected chi connectivity index (χ4v) is 3.95. The molecule has 166 valence electrons. The number of aliphatic imine (C=N–C) groups is 1. The Kier molecular flexibility index (Phi) is 13.6. The molecule has 2 rings (SSSR count). The first-order valence-electron chi connectivity index (χ1n) is 11.0. The average molecular weight is 517 g/mol. The van der Waals surface area contributed by atoms with Crippen molar-refractivity contribution < 1.29 is 5.11 Å². The summed E-state index contributed by atoms with van der Waals surface area (Å²) in [6.45, 7) is 12.7. The van der Waals surface area contributed by atoms with E-state index in [0.29, 0.717) is 11.8 Å². The summed E-state index contributed by atoms with van der Waals surface area (Å²) in [6.07, 6.45) is 4.21. The molecule has 1 aromatic carbocycles. The number of guanidine groups is 1. The second kappa shape index (κ2) is 15.0. The number of hydrogen-bond donors (Lipinski definition) is 3. The maximum atomic E-state index is 9.29. The zero-order valence-electron chi connectivity index (χ0n) is 18.5. The molecule has 29 heavy (non-hydrogen) atoms. The van der Waals surface area contributed by atoms with Gasteiger partial charge in [0, 0.05) is 45.9 Å². The van der Waals surface area contributed by atoms with Gasteiger partial charge in [0.15, 0.2) is 5.96 Å². The lowest BCUT2D eigenvalue weighted by Gasteiger charge is -2.28. The molecule has 0 aromatic heterocycles. The molecule has 5 nitrogen and oxygen atoms in total. The van der Waals surface area contributed by atoms with Gasteiger partial charge >= 0.3 is 0 Å². The number of nitrogens with one attached hydrogen (secondary N) is 2. The fourth-order valence-electron chi connectivity index (χ4n) is 3.95. The molecule has 0 saturated carbocycles. The van der Waals surface area contributed by atoms with Crippen LogP contribution in [-0.4, -0.2) is 55.3 Å². The highest BCUT2D eigenvalue weighted by Crippen LogP contribution is 2.18. The number of aliphatic hydroxyl groups is 1. The van der Waals surface area contributed by atoms with Gasteiger partial charge in [0.1, 0.15) is 0 Å². The van der Waals surface area contributed by atoms with Crippen LogP contribution >= 0.6 is 24.0 Å². The van der Waals surface area contributed by atoms with E-state index in [9.17, 15) is 5.11 Å². The molecule has 1 aliphatic heterocycles. The van der Waals surface area contributed by atoms with E-state index in [1.807, 2.05) is 0 Å². The molecular formula is C23H41IN4O. The van der Waals surface area contributed by atoms with Crippen LogP contribution in [0.3, 0.4) is 0 Å². The Labute approximate surface area is 194 Å². The Morgan fingerprint density at radius 3 is 2.66 bits per heavy atom. The van der Waals surface area contributed by atoms with Gasteiger partial charge in [0.05, 0.1) is 0 Å². The number of hydrogen-bond acceptors (Lipinski definition) is 3. The maximum Gasteiger partial charge on any atom is 0.191 e. The minimum Gasteiger partial charge on any atom is -0.396 e. The van der Waals surface area contributed by atoms with Crippen molar-refractivity contribution >= 4 is 29.9 Å². The molecule has 0 fully saturated rings. The van der Waals surface area contributed by atoms with Crippen molar-refractivity contribution in [1.29, 1.82) is 0 Å². The van der Waals surface area contributed by atoms with Gasteiger partial charge in [0.2, 0.25) is 0 Å². The number of rotatable bonds is 11. The van der Waals surface area contributed by atoms with Crippen molar-refractivity contribution in [2.24, 2.45) is 16.8 Å².